The molecule has 0 unspecified atom stereocenters. The van der Waals surface area contributed by atoms with Crippen LogP contribution in [0.1, 0.15) is 0 Å². The Morgan fingerprint density at radius 3 is 1.50 bits per heavy atom. The molecule has 58 valence electrons. The number of hydrogen-bond acceptors (Lipinski definition) is 6. The second-order valence-corrected chi connectivity index (χ2v) is 1.70. The first kappa shape index (κ1) is 18.6. The van der Waals surface area contributed by atoms with Gasteiger partial charge in [0.2, 0.25) is 0 Å². The molecule has 0 spiro atoms. The third-order valence-electron chi connectivity index (χ3n) is 0.523. The van der Waals surface area contributed by atoms with Crippen molar-refractivity contribution in [1.29, 1.82) is 0 Å². The third kappa shape index (κ3) is 17.1. The molecule has 0 N–H and O–H groups in total. The van der Waals surface area contributed by atoms with E-state index in [4.69, 9.17) is 14.1 Å². The van der Waals surface area contributed by atoms with E-state index < -0.39 is 15.3 Å². The molecule has 1 rings (SSSR count). The maximum Gasteiger partial charge on any atom is 1.00 e. The van der Waals surface area contributed by atoms with E-state index in [1.165, 1.54) is 0 Å². The molecule has 6 nitrogen and oxygen atoms in total. The molecule has 0 radical (unpaired) electrons. The molecule has 0 aliphatic carbocycles. The standard InChI is InChI=1S/C3H4O3.2Na.O3Si/c4-3-5-1-2-6-3;;;1-4(2)3/h1-2H2;;;/q;2*+1;-2. The molecule has 1 fully saturated rings. The van der Waals surface area contributed by atoms with Crippen LogP contribution in [-0.2, 0) is 13.9 Å². The second-order valence-electron chi connectivity index (χ2n) is 1.20. The van der Waals surface area contributed by atoms with E-state index in [0.29, 0.717) is 13.2 Å². The Hall–Kier alpha value is 0.887. The van der Waals surface area contributed by atoms with Gasteiger partial charge < -0.3 is 23.5 Å². The molecule has 0 amide bonds. The number of rotatable bonds is 0. The number of carbonyl (C=O) groups excluding carboxylic acids is 1. The Morgan fingerprint density at radius 1 is 1.17 bits per heavy atom. The maximum absolute atomic E-state index is 9.80. The molecule has 12 heavy (non-hydrogen) atoms. The van der Waals surface area contributed by atoms with Crippen molar-refractivity contribution in [3.05, 3.63) is 0 Å². The molecule has 1 saturated heterocycles. The zero-order valence-electron chi connectivity index (χ0n) is 6.86. The Labute approximate surface area is 115 Å². The van der Waals surface area contributed by atoms with Gasteiger partial charge in [-0.25, -0.2) is 4.79 Å². The fourth-order valence-corrected chi connectivity index (χ4v) is 0.292. The summed E-state index contributed by atoms with van der Waals surface area (Å²) in [5.41, 5.74) is 0. The monoisotopic (exact) mass is 210 g/mol. The van der Waals surface area contributed by atoms with Crippen molar-refractivity contribution in [3.8, 4) is 0 Å². The van der Waals surface area contributed by atoms with Crippen LogP contribution in [0, 0.1) is 0 Å². The van der Waals surface area contributed by atoms with E-state index in [1.54, 1.807) is 0 Å². The largest absolute Gasteiger partial charge is 1.00 e. The SMILES string of the molecule is O=C1OCCO1.O=[Si]([O-])[O-].[Na+].[Na+]. The average molecular weight is 210 g/mol. The molecular weight excluding hydrogens is 206 g/mol. The van der Waals surface area contributed by atoms with Crippen LogP contribution in [0.15, 0.2) is 0 Å². The topological polar surface area (TPSA) is 98.7 Å². The van der Waals surface area contributed by atoms with Gasteiger partial charge in [-0.05, 0) is 0 Å². The average Bonchev–Trinajstić information content (AvgIpc) is 2.15. The minimum atomic E-state index is -3.63. The van der Waals surface area contributed by atoms with Gasteiger partial charge in [0.25, 0.3) is 0 Å². The summed E-state index contributed by atoms with van der Waals surface area (Å²) < 4.78 is 17.1. The summed E-state index contributed by atoms with van der Waals surface area (Å²) >= 11 is 0. The van der Waals surface area contributed by atoms with Crippen LogP contribution in [-0.4, -0.2) is 28.5 Å². The first-order valence-corrected chi connectivity index (χ1v) is 3.53. The van der Waals surface area contributed by atoms with Crippen molar-refractivity contribution < 1.29 is 87.4 Å². The minimum absolute atomic E-state index is 0. The van der Waals surface area contributed by atoms with Crippen LogP contribution in [0.5, 0.6) is 0 Å². The van der Waals surface area contributed by atoms with Crippen molar-refractivity contribution in [2.45, 2.75) is 0 Å². The second kappa shape index (κ2) is 11.9. The number of carbonyl (C=O) groups is 1. The summed E-state index contributed by atoms with van der Waals surface area (Å²) in [4.78, 5) is 26.8. The zero-order chi connectivity index (χ0) is 7.98. The number of hydrogen-bond donors (Lipinski definition) is 0. The van der Waals surface area contributed by atoms with Crippen molar-refractivity contribution >= 4 is 15.3 Å². The van der Waals surface area contributed by atoms with E-state index in [1.807, 2.05) is 0 Å². The van der Waals surface area contributed by atoms with Gasteiger partial charge in [-0.3, -0.25) is 0 Å². The first-order valence-electron chi connectivity index (χ1n) is 2.30. The van der Waals surface area contributed by atoms with E-state index >= 15 is 0 Å². The van der Waals surface area contributed by atoms with Crippen LogP contribution in [0.25, 0.3) is 0 Å². The quantitative estimate of drug-likeness (QED) is 0.291. The molecule has 1 aliphatic rings. The van der Waals surface area contributed by atoms with Crippen molar-refractivity contribution in [3.63, 3.8) is 0 Å². The Kier molecular flexibility index (Phi) is 18.5. The van der Waals surface area contributed by atoms with Crippen LogP contribution >= 0.6 is 0 Å². The minimum Gasteiger partial charge on any atom is -0.672 e. The molecule has 1 heterocycles. The summed E-state index contributed by atoms with van der Waals surface area (Å²) in [6.07, 6.45) is -0.546. The molecule has 0 saturated carbocycles. The summed E-state index contributed by atoms with van der Waals surface area (Å²) in [7, 11) is -3.63. The van der Waals surface area contributed by atoms with Gasteiger partial charge in [-0.15, -0.1) is 0 Å². The van der Waals surface area contributed by atoms with Crippen LogP contribution < -0.4 is 68.7 Å². The maximum atomic E-state index is 9.80. The van der Waals surface area contributed by atoms with E-state index in [-0.39, 0.29) is 59.1 Å². The first-order chi connectivity index (χ1) is 4.63. The molecule has 0 aromatic rings. The van der Waals surface area contributed by atoms with E-state index in [9.17, 15) is 4.79 Å². The normalized spacial score (nSPS) is 11.8. The third-order valence-corrected chi connectivity index (χ3v) is 0.523. The van der Waals surface area contributed by atoms with Crippen molar-refractivity contribution in [2.24, 2.45) is 0 Å². The molecule has 0 bridgehead atoms. The van der Waals surface area contributed by atoms with Crippen LogP contribution in [0.4, 0.5) is 4.79 Å². The predicted molar refractivity (Wildman–Crippen MR) is 23.7 cm³/mol. The zero-order valence-corrected chi connectivity index (χ0v) is 11.9. The van der Waals surface area contributed by atoms with Crippen LogP contribution in [0.3, 0.4) is 0 Å². The molecular formula is C3H4Na2O6Si. The summed E-state index contributed by atoms with van der Waals surface area (Å²) in [5.74, 6) is 0. The summed E-state index contributed by atoms with van der Waals surface area (Å²) in [6, 6.07) is 0. The molecule has 9 heteroatoms. The van der Waals surface area contributed by atoms with Gasteiger partial charge in [0, 0.05) is 9.17 Å². The number of cyclic esters (lactones) is 2. The van der Waals surface area contributed by atoms with Gasteiger partial charge in [0.1, 0.15) is 13.2 Å². The number of ether oxygens (including phenoxy) is 2. The van der Waals surface area contributed by atoms with Gasteiger partial charge in [0.05, 0.1) is 0 Å². The molecule has 0 aromatic heterocycles. The molecule has 1 aliphatic heterocycles. The Balaban J connectivity index is -0.000000124. The predicted octanol–water partition coefficient (Wildman–Crippen LogP) is -8.72. The molecule has 0 atom stereocenters. The van der Waals surface area contributed by atoms with E-state index in [2.05, 4.69) is 9.47 Å². The fraction of sp³-hybridized carbons (Fsp3) is 0.667. The van der Waals surface area contributed by atoms with Gasteiger partial charge >= 0.3 is 65.3 Å². The van der Waals surface area contributed by atoms with Crippen molar-refractivity contribution in [2.75, 3.05) is 13.2 Å². The van der Waals surface area contributed by atoms with Gasteiger partial charge in [-0.1, -0.05) is 0 Å². The van der Waals surface area contributed by atoms with Gasteiger partial charge in [0.15, 0.2) is 0 Å². The summed E-state index contributed by atoms with van der Waals surface area (Å²) in [6.45, 7) is 0.831. The van der Waals surface area contributed by atoms with Crippen molar-refractivity contribution in [1.82, 2.24) is 0 Å². The molecule has 0 aromatic carbocycles. The smallest absolute Gasteiger partial charge is 0.672 e. The van der Waals surface area contributed by atoms with Gasteiger partial charge in [-0.2, -0.15) is 0 Å². The summed E-state index contributed by atoms with van der Waals surface area (Å²) in [5, 5.41) is 0. The van der Waals surface area contributed by atoms with E-state index in [0.717, 1.165) is 0 Å². The fourth-order valence-electron chi connectivity index (χ4n) is 0.292. The van der Waals surface area contributed by atoms with Crippen LogP contribution in [0.2, 0.25) is 0 Å². The Morgan fingerprint density at radius 2 is 1.42 bits per heavy atom. The Bertz CT molecular complexity index is 129.